The number of hydrogen-bond donors (Lipinski definition) is 1. The predicted octanol–water partition coefficient (Wildman–Crippen LogP) is 4.71. The van der Waals surface area contributed by atoms with Crippen LogP contribution in [0.5, 0.6) is 0 Å². The number of rotatable bonds is 6. The molecule has 0 heterocycles. The lowest BCUT2D eigenvalue weighted by molar-refractivity contribution is 0.726. The molecular weight excluding hydrogens is 262 g/mol. The molecule has 0 saturated carbocycles. The Kier molecular flexibility index (Phi) is 5.69. The van der Waals surface area contributed by atoms with Crippen molar-refractivity contribution in [2.75, 3.05) is 6.54 Å². The summed E-state index contributed by atoms with van der Waals surface area (Å²) in [7, 11) is 0. The highest BCUT2D eigenvalue weighted by Gasteiger charge is 2.02. The van der Waals surface area contributed by atoms with Gasteiger partial charge in [-0.05, 0) is 43.1 Å². The molecule has 0 bridgehead atoms. The van der Waals surface area contributed by atoms with Crippen molar-refractivity contribution in [3.8, 4) is 0 Å². The third-order valence-corrected chi connectivity index (χ3v) is 4.54. The summed E-state index contributed by atoms with van der Waals surface area (Å²) in [6.07, 6.45) is 0. The molecule has 0 aromatic heterocycles. The third-order valence-electron chi connectivity index (χ3n) is 3.30. The van der Waals surface area contributed by atoms with E-state index in [0.717, 1.165) is 18.8 Å². The van der Waals surface area contributed by atoms with Crippen molar-refractivity contribution in [1.82, 2.24) is 5.32 Å². The molecule has 0 saturated heterocycles. The maximum absolute atomic E-state index is 3.37. The van der Waals surface area contributed by atoms with Gasteiger partial charge >= 0.3 is 0 Å². The summed E-state index contributed by atoms with van der Waals surface area (Å²) in [6.45, 7) is 8.46. The first-order valence-corrected chi connectivity index (χ1v) is 8.16. The van der Waals surface area contributed by atoms with Crippen LogP contribution in [0.15, 0.2) is 47.4 Å². The quantitative estimate of drug-likeness (QED) is 0.772. The highest BCUT2D eigenvalue weighted by atomic mass is 32.2. The maximum atomic E-state index is 3.37. The molecule has 1 N–H and O–H groups in total. The molecular formula is C18H23NS. The van der Waals surface area contributed by atoms with Gasteiger partial charge in [0, 0.05) is 17.2 Å². The van der Waals surface area contributed by atoms with Gasteiger partial charge in [-0.1, -0.05) is 48.9 Å². The van der Waals surface area contributed by atoms with Gasteiger partial charge in [0.05, 0.1) is 0 Å². The molecule has 2 aromatic rings. The van der Waals surface area contributed by atoms with Crippen LogP contribution in [-0.4, -0.2) is 6.54 Å². The summed E-state index contributed by atoms with van der Waals surface area (Å²) in [5, 5.41) is 3.37. The molecule has 0 aliphatic carbocycles. The second kappa shape index (κ2) is 7.51. The van der Waals surface area contributed by atoms with E-state index in [1.54, 1.807) is 0 Å². The number of hydrogen-bond acceptors (Lipinski definition) is 2. The summed E-state index contributed by atoms with van der Waals surface area (Å²) in [5.74, 6) is 1.04. The van der Waals surface area contributed by atoms with Crippen molar-refractivity contribution in [3.63, 3.8) is 0 Å². The Morgan fingerprint density at radius 3 is 2.55 bits per heavy atom. The van der Waals surface area contributed by atoms with E-state index in [2.05, 4.69) is 68.6 Å². The van der Waals surface area contributed by atoms with E-state index in [1.165, 1.54) is 27.1 Å². The van der Waals surface area contributed by atoms with E-state index < -0.39 is 0 Å². The molecule has 106 valence electrons. The SMILES string of the molecule is CCNCc1ccc(SCc2cccc(C)c2)c(C)c1. The molecule has 0 spiro atoms. The van der Waals surface area contributed by atoms with E-state index in [0.29, 0.717) is 0 Å². The second-order valence-electron chi connectivity index (χ2n) is 5.16. The smallest absolute Gasteiger partial charge is 0.0232 e. The van der Waals surface area contributed by atoms with E-state index >= 15 is 0 Å². The minimum Gasteiger partial charge on any atom is -0.313 e. The molecule has 0 radical (unpaired) electrons. The molecule has 20 heavy (non-hydrogen) atoms. The van der Waals surface area contributed by atoms with Crippen LogP contribution in [0.3, 0.4) is 0 Å². The first-order valence-electron chi connectivity index (χ1n) is 7.17. The summed E-state index contributed by atoms with van der Waals surface area (Å²) in [5.41, 5.74) is 5.47. The molecule has 2 heteroatoms. The Labute approximate surface area is 126 Å². The van der Waals surface area contributed by atoms with Crippen molar-refractivity contribution in [3.05, 3.63) is 64.7 Å². The zero-order valence-corrected chi connectivity index (χ0v) is 13.4. The number of thioether (sulfide) groups is 1. The van der Waals surface area contributed by atoms with Crippen LogP contribution in [0.2, 0.25) is 0 Å². The lowest BCUT2D eigenvalue weighted by atomic mass is 10.1. The number of nitrogens with one attached hydrogen (secondary N) is 1. The Balaban J connectivity index is 1.99. The van der Waals surface area contributed by atoms with E-state index in [4.69, 9.17) is 0 Å². The summed E-state index contributed by atoms with van der Waals surface area (Å²) in [4.78, 5) is 1.38. The van der Waals surface area contributed by atoms with Crippen LogP contribution in [0, 0.1) is 13.8 Å². The minimum absolute atomic E-state index is 0.958. The monoisotopic (exact) mass is 285 g/mol. The topological polar surface area (TPSA) is 12.0 Å². The molecule has 2 aromatic carbocycles. The van der Waals surface area contributed by atoms with Crippen molar-refractivity contribution in [2.24, 2.45) is 0 Å². The average Bonchev–Trinajstić information content (AvgIpc) is 2.44. The number of benzene rings is 2. The predicted molar refractivity (Wildman–Crippen MR) is 89.3 cm³/mol. The second-order valence-corrected chi connectivity index (χ2v) is 6.18. The minimum atomic E-state index is 0.958. The highest BCUT2D eigenvalue weighted by molar-refractivity contribution is 7.98. The molecule has 0 aliphatic rings. The van der Waals surface area contributed by atoms with Crippen molar-refractivity contribution in [1.29, 1.82) is 0 Å². The maximum Gasteiger partial charge on any atom is 0.0232 e. The molecule has 1 nitrogen and oxygen atoms in total. The Morgan fingerprint density at radius 1 is 1.00 bits per heavy atom. The fourth-order valence-electron chi connectivity index (χ4n) is 2.22. The van der Waals surface area contributed by atoms with Crippen LogP contribution >= 0.6 is 11.8 Å². The van der Waals surface area contributed by atoms with E-state index in [9.17, 15) is 0 Å². The fourth-order valence-corrected chi connectivity index (χ4v) is 3.17. The first-order chi connectivity index (χ1) is 9.69. The van der Waals surface area contributed by atoms with Gasteiger partial charge in [-0.25, -0.2) is 0 Å². The van der Waals surface area contributed by atoms with Crippen molar-refractivity contribution in [2.45, 2.75) is 38.0 Å². The molecule has 0 aliphatic heterocycles. The average molecular weight is 285 g/mol. The van der Waals surface area contributed by atoms with Crippen molar-refractivity contribution < 1.29 is 0 Å². The third kappa shape index (κ3) is 4.39. The molecule has 2 rings (SSSR count). The molecule has 0 fully saturated rings. The van der Waals surface area contributed by atoms with Gasteiger partial charge in [0.2, 0.25) is 0 Å². The lowest BCUT2D eigenvalue weighted by Crippen LogP contribution is -2.11. The number of aryl methyl sites for hydroxylation is 2. The summed E-state index contributed by atoms with van der Waals surface area (Å²) >= 11 is 1.92. The Hall–Kier alpha value is -1.25. The molecule has 0 unspecified atom stereocenters. The van der Waals surface area contributed by atoms with Gasteiger partial charge in [0.25, 0.3) is 0 Å². The standard InChI is InChI=1S/C18H23NS/c1-4-19-12-16-8-9-18(15(3)11-16)20-13-17-7-5-6-14(2)10-17/h5-11,19H,4,12-13H2,1-3H3. The largest absolute Gasteiger partial charge is 0.313 e. The van der Waals surface area contributed by atoms with Crippen molar-refractivity contribution >= 4 is 11.8 Å². The first kappa shape index (κ1) is 15.1. The molecule has 0 amide bonds. The summed E-state index contributed by atoms with van der Waals surface area (Å²) in [6, 6.07) is 15.5. The van der Waals surface area contributed by atoms with Crippen LogP contribution in [-0.2, 0) is 12.3 Å². The van der Waals surface area contributed by atoms with Gasteiger partial charge in [-0.15, -0.1) is 11.8 Å². The van der Waals surface area contributed by atoms with Crippen LogP contribution in [0.25, 0.3) is 0 Å². The van der Waals surface area contributed by atoms with Gasteiger partial charge < -0.3 is 5.32 Å². The van der Waals surface area contributed by atoms with Crippen LogP contribution < -0.4 is 5.32 Å². The van der Waals surface area contributed by atoms with Gasteiger partial charge in [-0.2, -0.15) is 0 Å². The van der Waals surface area contributed by atoms with E-state index in [-0.39, 0.29) is 0 Å². The normalized spacial score (nSPS) is 10.8. The Bertz CT molecular complexity index is 563. The Morgan fingerprint density at radius 2 is 1.85 bits per heavy atom. The fraction of sp³-hybridized carbons (Fsp3) is 0.333. The van der Waals surface area contributed by atoms with Crippen LogP contribution in [0.4, 0.5) is 0 Å². The van der Waals surface area contributed by atoms with Gasteiger partial charge in [0.1, 0.15) is 0 Å². The zero-order valence-electron chi connectivity index (χ0n) is 12.6. The van der Waals surface area contributed by atoms with Crippen LogP contribution in [0.1, 0.15) is 29.2 Å². The lowest BCUT2D eigenvalue weighted by Gasteiger charge is -2.09. The highest BCUT2D eigenvalue weighted by Crippen LogP contribution is 2.27. The molecule has 0 atom stereocenters. The van der Waals surface area contributed by atoms with Gasteiger partial charge in [0.15, 0.2) is 0 Å². The van der Waals surface area contributed by atoms with E-state index in [1.807, 2.05) is 11.8 Å². The van der Waals surface area contributed by atoms with Gasteiger partial charge in [-0.3, -0.25) is 0 Å². The zero-order chi connectivity index (χ0) is 14.4. The summed E-state index contributed by atoms with van der Waals surface area (Å²) < 4.78 is 0.